The molecule has 0 N–H and O–H groups in total. The second-order valence-electron chi connectivity index (χ2n) is 7.28. The molecule has 1 heterocycles. The van der Waals surface area contributed by atoms with Crippen molar-refractivity contribution in [2.45, 2.75) is 20.5 Å². The van der Waals surface area contributed by atoms with E-state index in [4.69, 9.17) is 4.74 Å². The van der Waals surface area contributed by atoms with Crippen molar-refractivity contribution in [1.29, 1.82) is 0 Å². The Labute approximate surface area is 209 Å². The fourth-order valence-corrected chi connectivity index (χ4v) is 5.36. The lowest BCUT2D eigenvalue weighted by Gasteiger charge is -2.12. The molecule has 3 aromatic rings. The maximum absolute atomic E-state index is 13.0. The van der Waals surface area contributed by atoms with Gasteiger partial charge in [-0.1, -0.05) is 48.0 Å². The van der Waals surface area contributed by atoms with Crippen molar-refractivity contribution in [3.05, 3.63) is 96.1 Å². The SMILES string of the molecule is CC1=NN(c2ccccc2)C(=O)/C1=C/c1cc(I)c(OCc2ccc(C)cc2)c(I)c1. The van der Waals surface area contributed by atoms with Crippen LogP contribution in [0.15, 0.2) is 77.4 Å². The van der Waals surface area contributed by atoms with Gasteiger partial charge in [-0.2, -0.15) is 10.1 Å². The van der Waals surface area contributed by atoms with Crippen LogP contribution in [0.25, 0.3) is 6.08 Å². The summed E-state index contributed by atoms with van der Waals surface area (Å²) in [6, 6.07) is 21.9. The van der Waals surface area contributed by atoms with E-state index in [0.29, 0.717) is 17.9 Å². The second-order valence-corrected chi connectivity index (χ2v) is 9.61. The lowest BCUT2D eigenvalue weighted by Crippen LogP contribution is -2.21. The van der Waals surface area contributed by atoms with E-state index < -0.39 is 0 Å². The van der Waals surface area contributed by atoms with Crippen molar-refractivity contribution in [2.24, 2.45) is 5.10 Å². The molecule has 0 aliphatic carbocycles. The van der Waals surface area contributed by atoms with E-state index in [1.54, 1.807) is 0 Å². The summed E-state index contributed by atoms with van der Waals surface area (Å²) in [5.74, 6) is 0.742. The van der Waals surface area contributed by atoms with E-state index >= 15 is 0 Å². The summed E-state index contributed by atoms with van der Waals surface area (Å²) in [6.45, 7) is 4.45. The average molecular weight is 634 g/mol. The third-order valence-electron chi connectivity index (χ3n) is 4.90. The number of hydrogen-bond acceptors (Lipinski definition) is 3. The molecule has 0 radical (unpaired) electrons. The van der Waals surface area contributed by atoms with Crippen molar-refractivity contribution in [3.63, 3.8) is 0 Å². The summed E-state index contributed by atoms with van der Waals surface area (Å²) in [5, 5.41) is 5.91. The summed E-state index contributed by atoms with van der Waals surface area (Å²) >= 11 is 4.57. The Bertz CT molecular complexity index is 1160. The van der Waals surface area contributed by atoms with Crippen LogP contribution in [0.3, 0.4) is 0 Å². The van der Waals surface area contributed by atoms with Gasteiger partial charge in [0.1, 0.15) is 12.4 Å². The first-order valence-electron chi connectivity index (χ1n) is 9.76. The smallest absolute Gasteiger partial charge is 0.280 e. The zero-order valence-electron chi connectivity index (χ0n) is 17.1. The number of nitrogens with zero attached hydrogens (tertiary/aromatic N) is 2. The van der Waals surface area contributed by atoms with Crippen LogP contribution in [-0.4, -0.2) is 11.6 Å². The molecular formula is C25H20I2N2O2. The molecule has 0 saturated heterocycles. The van der Waals surface area contributed by atoms with Gasteiger partial charge in [0.05, 0.1) is 24.1 Å². The van der Waals surface area contributed by atoms with Crippen LogP contribution in [-0.2, 0) is 11.4 Å². The predicted molar refractivity (Wildman–Crippen MR) is 142 cm³/mol. The van der Waals surface area contributed by atoms with Crippen molar-refractivity contribution >= 4 is 68.6 Å². The molecule has 0 bridgehead atoms. The number of aryl methyl sites for hydroxylation is 1. The van der Waals surface area contributed by atoms with Crippen molar-refractivity contribution < 1.29 is 9.53 Å². The van der Waals surface area contributed by atoms with E-state index in [1.807, 2.05) is 55.5 Å². The number of amides is 1. The Morgan fingerprint density at radius 3 is 2.26 bits per heavy atom. The topological polar surface area (TPSA) is 41.9 Å². The summed E-state index contributed by atoms with van der Waals surface area (Å²) in [7, 11) is 0. The third kappa shape index (κ3) is 5.01. The van der Waals surface area contributed by atoms with Crippen molar-refractivity contribution in [1.82, 2.24) is 0 Å². The van der Waals surface area contributed by atoms with E-state index in [1.165, 1.54) is 10.6 Å². The minimum absolute atomic E-state index is 0.117. The summed E-state index contributed by atoms with van der Waals surface area (Å²) in [5.41, 5.74) is 5.38. The van der Waals surface area contributed by atoms with Gasteiger partial charge in [-0.25, -0.2) is 0 Å². The van der Waals surface area contributed by atoms with Gasteiger partial charge in [-0.3, -0.25) is 4.79 Å². The van der Waals surface area contributed by atoms with E-state index in [2.05, 4.69) is 81.5 Å². The lowest BCUT2D eigenvalue weighted by atomic mass is 10.1. The molecule has 1 aliphatic rings. The molecule has 4 nitrogen and oxygen atoms in total. The van der Waals surface area contributed by atoms with Crippen LogP contribution in [0.4, 0.5) is 5.69 Å². The first-order valence-corrected chi connectivity index (χ1v) is 11.9. The van der Waals surface area contributed by atoms with Crippen LogP contribution >= 0.6 is 45.2 Å². The van der Waals surface area contributed by atoms with Gasteiger partial charge in [-0.05, 0) is 100 Å². The number of hydrogen-bond donors (Lipinski definition) is 0. The summed E-state index contributed by atoms with van der Waals surface area (Å²) < 4.78 is 8.11. The molecule has 1 amide bonds. The van der Waals surface area contributed by atoms with Crippen molar-refractivity contribution in [3.8, 4) is 5.75 Å². The molecule has 31 heavy (non-hydrogen) atoms. The highest BCUT2D eigenvalue weighted by atomic mass is 127. The maximum atomic E-state index is 13.0. The van der Waals surface area contributed by atoms with Gasteiger partial charge in [-0.15, -0.1) is 0 Å². The number of ether oxygens (including phenoxy) is 1. The number of para-hydroxylation sites is 1. The molecule has 0 unspecified atom stereocenters. The Balaban J connectivity index is 1.55. The van der Waals surface area contributed by atoms with E-state index in [-0.39, 0.29) is 5.91 Å². The second kappa shape index (κ2) is 9.52. The average Bonchev–Trinajstić information content (AvgIpc) is 3.03. The molecule has 6 heteroatoms. The van der Waals surface area contributed by atoms with E-state index in [0.717, 1.165) is 29.7 Å². The van der Waals surface area contributed by atoms with Crippen molar-refractivity contribution in [2.75, 3.05) is 5.01 Å². The quantitative estimate of drug-likeness (QED) is 0.235. The van der Waals surface area contributed by atoms with Gasteiger partial charge in [0.25, 0.3) is 5.91 Å². The number of benzene rings is 3. The van der Waals surface area contributed by atoms with E-state index in [9.17, 15) is 4.79 Å². The van der Waals surface area contributed by atoms with Gasteiger partial charge in [0.15, 0.2) is 0 Å². The van der Waals surface area contributed by atoms with Crippen LogP contribution in [0.1, 0.15) is 23.6 Å². The molecular weight excluding hydrogens is 614 g/mol. The van der Waals surface area contributed by atoms with Crippen LogP contribution < -0.4 is 9.75 Å². The fourth-order valence-electron chi connectivity index (χ4n) is 3.24. The van der Waals surface area contributed by atoms with Gasteiger partial charge >= 0.3 is 0 Å². The van der Waals surface area contributed by atoms with Gasteiger partial charge in [0.2, 0.25) is 0 Å². The number of halogens is 2. The fraction of sp³-hybridized carbons (Fsp3) is 0.120. The first-order chi connectivity index (χ1) is 14.9. The first kappa shape index (κ1) is 22.0. The van der Waals surface area contributed by atoms with Crippen LogP contribution in [0.5, 0.6) is 5.75 Å². The molecule has 0 fully saturated rings. The maximum Gasteiger partial charge on any atom is 0.280 e. The zero-order valence-corrected chi connectivity index (χ0v) is 21.4. The standard InChI is InChI=1S/C25H20I2N2O2/c1-16-8-10-18(11-9-16)15-31-24-22(26)13-19(14-23(24)27)12-21-17(2)28-29(25(21)30)20-6-4-3-5-7-20/h3-14H,15H2,1-2H3/b21-12+. The Hall–Kier alpha value is -2.20. The number of carbonyl (C=O) groups excluding carboxylic acids is 1. The molecule has 3 aromatic carbocycles. The molecule has 0 aromatic heterocycles. The molecule has 0 atom stereocenters. The predicted octanol–water partition coefficient (Wildman–Crippen LogP) is 6.59. The van der Waals surface area contributed by atoms with Gasteiger partial charge < -0.3 is 4.74 Å². The highest BCUT2D eigenvalue weighted by Crippen LogP contribution is 2.32. The molecule has 0 saturated carbocycles. The minimum atomic E-state index is -0.117. The zero-order chi connectivity index (χ0) is 22.0. The van der Waals surface area contributed by atoms with Gasteiger partial charge in [0, 0.05) is 0 Å². The third-order valence-corrected chi connectivity index (χ3v) is 6.50. The normalized spacial score (nSPS) is 14.8. The number of rotatable bonds is 5. The highest BCUT2D eigenvalue weighted by Gasteiger charge is 2.28. The Kier molecular flexibility index (Phi) is 6.76. The van der Waals surface area contributed by atoms with Crippen LogP contribution in [0.2, 0.25) is 0 Å². The lowest BCUT2D eigenvalue weighted by molar-refractivity contribution is -0.114. The van der Waals surface area contributed by atoms with Crippen LogP contribution in [0, 0.1) is 14.1 Å². The monoisotopic (exact) mass is 634 g/mol. The Morgan fingerprint density at radius 1 is 0.968 bits per heavy atom. The minimum Gasteiger partial charge on any atom is -0.487 e. The number of hydrazone groups is 1. The summed E-state index contributed by atoms with van der Waals surface area (Å²) in [6.07, 6.45) is 1.90. The Morgan fingerprint density at radius 2 is 1.61 bits per heavy atom. The molecule has 0 spiro atoms. The largest absolute Gasteiger partial charge is 0.487 e. The molecule has 1 aliphatic heterocycles. The number of carbonyl (C=O) groups is 1. The molecule has 4 rings (SSSR count). The number of anilines is 1. The highest BCUT2D eigenvalue weighted by molar-refractivity contribution is 14.1. The summed E-state index contributed by atoms with van der Waals surface area (Å²) in [4.78, 5) is 13.0. The molecule has 156 valence electrons.